The first kappa shape index (κ1) is 19.0. The van der Waals surface area contributed by atoms with Crippen molar-refractivity contribution in [3.8, 4) is 5.75 Å². The summed E-state index contributed by atoms with van der Waals surface area (Å²) in [5.41, 5.74) is 9.84. The molecule has 7 N–H and O–H groups in total. The van der Waals surface area contributed by atoms with E-state index in [9.17, 15) is 20.4 Å². The highest BCUT2D eigenvalue weighted by Crippen LogP contribution is 2.35. The van der Waals surface area contributed by atoms with E-state index >= 15 is 0 Å². The number of nitrogens with one attached hydrogen (secondary N) is 1. The molecule has 4 rings (SSSR count). The fraction of sp³-hybridized carbons (Fsp3) is 0.294. The van der Waals surface area contributed by atoms with Gasteiger partial charge in [0.15, 0.2) is 23.2 Å². The molecule has 12 heteroatoms. The highest BCUT2D eigenvalue weighted by atomic mass is 16.6. The van der Waals surface area contributed by atoms with Crippen molar-refractivity contribution in [1.29, 1.82) is 0 Å². The van der Waals surface area contributed by atoms with Gasteiger partial charge in [0.05, 0.1) is 12.8 Å². The molecule has 1 aliphatic heterocycles. The quantitative estimate of drug-likeness (QED) is 0.233. The van der Waals surface area contributed by atoms with Gasteiger partial charge in [0.1, 0.15) is 30.4 Å². The van der Waals surface area contributed by atoms with Gasteiger partial charge in [-0.1, -0.05) is 0 Å². The minimum atomic E-state index is -1.35. The molecule has 0 amide bonds. The number of nitrogen functional groups attached to an aromatic ring is 1. The number of phenolic OH excluding ortho intramolecular Hbond substituents is 1. The molecule has 152 valence electrons. The summed E-state index contributed by atoms with van der Waals surface area (Å²) in [5.74, 6) is 0.387. The number of rotatable bonds is 5. The molecule has 2 aromatic heterocycles. The smallest absolute Gasteiger partial charge is 0.228 e. The number of imidazole rings is 1. The fourth-order valence-electron chi connectivity index (χ4n) is 3.06. The number of benzene rings is 1. The highest BCUT2D eigenvalue weighted by Gasteiger charge is 2.45. The van der Waals surface area contributed by atoms with E-state index in [1.165, 1.54) is 29.2 Å². The van der Waals surface area contributed by atoms with E-state index in [1.54, 1.807) is 12.1 Å². The van der Waals surface area contributed by atoms with Gasteiger partial charge in [0, 0.05) is 0 Å². The van der Waals surface area contributed by atoms with E-state index in [0.29, 0.717) is 5.56 Å². The van der Waals surface area contributed by atoms with Crippen LogP contribution in [0.25, 0.3) is 11.2 Å². The van der Waals surface area contributed by atoms with Crippen LogP contribution < -0.4 is 11.2 Å². The topological polar surface area (TPSA) is 184 Å². The van der Waals surface area contributed by atoms with Crippen LogP contribution in [0.4, 0.5) is 11.8 Å². The number of aromatic hydroxyl groups is 1. The molecule has 3 heterocycles. The lowest BCUT2D eigenvalue weighted by Crippen LogP contribution is -2.33. The Bertz CT molecular complexity index is 1040. The third-order valence-corrected chi connectivity index (χ3v) is 4.55. The second-order valence-corrected chi connectivity index (χ2v) is 6.43. The molecule has 4 atom stereocenters. The van der Waals surface area contributed by atoms with Crippen LogP contribution in [-0.4, -0.2) is 71.1 Å². The second-order valence-electron chi connectivity index (χ2n) is 6.43. The van der Waals surface area contributed by atoms with Gasteiger partial charge >= 0.3 is 0 Å². The van der Waals surface area contributed by atoms with Gasteiger partial charge in [-0.15, -0.1) is 0 Å². The zero-order valence-corrected chi connectivity index (χ0v) is 15.0. The number of ether oxygens (including phenoxy) is 1. The van der Waals surface area contributed by atoms with Crippen LogP contribution in [0.3, 0.4) is 0 Å². The van der Waals surface area contributed by atoms with E-state index in [0.717, 1.165) is 0 Å². The second kappa shape index (κ2) is 7.60. The van der Waals surface area contributed by atoms with E-state index in [-0.39, 0.29) is 28.7 Å². The number of fused-ring (bicyclic) bond motifs is 1. The number of hydrazone groups is 1. The number of phenols is 1. The lowest BCUT2D eigenvalue weighted by atomic mass is 10.1. The summed E-state index contributed by atoms with van der Waals surface area (Å²) < 4.78 is 6.99. The maximum absolute atomic E-state index is 10.4. The number of anilines is 2. The zero-order valence-electron chi connectivity index (χ0n) is 15.0. The van der Waals surface area contributed by atoms with Crippen molar-refractivity contribution in [2.75, 3.05) is 17.8 Å². The Labute approximate surface area is 163 Å². The molecule has 29 heavy (non-hydrogen) atoms. The van der Waals surface area contributed by atoms with Gasteiger partial charge in [0.25, 0.3) is 0 Å². The lowest BCUT2D eigenvalue weighted by Gasteiger charge is -2.18. The van der Waals surface area contributed by atoms with Gasteiger partial charge < -0.3 is 30.9 Å². The summed E-state index contributed by atoms with van der Waals surface area (Å²) >= 11 is 0. The first-order chi connectivity index (χ1) is 14.0. The monoisotopic (exact) mass is 401 g/mol. The molecule has 1 fully saturated rings. The van der Waals surface area contributed by atoms with Crippen LogP contribution >= 0.6 is 0 Å². The Hall–Kier alpha value is -3.32. The van der Waals surface area contributed by atoms with Crippen molar-refractivity contribution in [2.24, 2.45) is 5.10 Å². The number of aromatic nitrogens is 4. The van der Waals surface area contributed by atoms with Crippen LogP contribution in [0.2, 0.25) is 0 Å². The highest BCUT2D eigenvalue weighted by molar-refractivity contribution is 5.84. The molecule has 0 radical (unpaired) electrons. The van der Waals surface area contributed by atoms with Gasteiger partial charge in [0.2, 0.25) is 5.95 Å². The van der Waals surface area contributed by atoms with Crippen molar-refractivity contribution >= 4 is 29.1 Å². The number of hydrogen-bond donors (Lipinski definition) is 6. The minimum absolute atomic E-state index is 0.117. The van der Waals surface area contributed by atoms with Crippen LogP contribution in [0.1, 0.15) is 11.8 Å². The number of aliphatic hydroxyl groups is 3. The molecular formula is C17H19N7O5. The lowest BCUT2D eigenvalue weighted by molar-refractivity contribution is -0.0501. The van der Waals surface area contributed by atoms with E-state index < -0.39 is 31.1 Å². The standard InChI is InChI=1S/C17H19N7O5/c18-14-11-15(20-7-19-14)24(16-13(28)12(27)10(6-25)29-16)17(22-11)23-21-5-8-1-3-9(26)4-2-8/h1-5,7,10,12-13,16,25-28H,6H2,(H,22,23)(H2,18,19,20)/b21-5-/t10-,12+,13+,16+/m0/s1. The third kappa shape index (κ3) is 3.45. The summed E-state index contributed by atoms with van der Waals surface area (Å²) in [6.45, 7) is -0.472. The fourth-order valence-corrected chi connectivity index (χ4v) is 3.06. The number of aliphatic hydroxyl groups excluding tert-OH is 3. The molecule has 0 bridgehead atoms. The van der Waals surface area contributed by atoms with Gasteiger partial charge in [-0.3, -0.25) is 4.57 Å². The third-order valence-electron chi connectivity index (χ3n) is 4.55. The normalized spacial score (nSPS) is 24.5. The molecule has 0 unspecified atom stereocenters. The molecule has 0 spiro atoms. The molecule has 1 saturated heterocycles. The first-order valence-corrected chi connectivity index (χ1v) is 8.68. The van der Waals surface area contributed by atoms with E-state index in [4.69, 9.17) is 10.5 Å². The summed E-state index contributed by atoms with van der Waals surface area (Å²) in [5, 5.41) is 43.3. The van der Waals surface area contributed by atoms with Crippen LogP contribution in [0.5, 0.6) is 5.75 Å². The van der Waals surface area contributed by atoms with Crippen molar-refractivity contribution in [2.45, 2.75) is 24.5 Å². The predicted octanol–water partition coefficient (Wildman–Crippen LogP) is -0.828. The molecule has 3 aromatic rings. The van der Waals surface area contributed by atoms with Gasteiger partial charge in [-0.2, -0.15) is 5.10 Å². The van der Waals surface area contributed by atoms with Crippen molar-refractivity contribution < 1.29 is 25.2 Å². The van der Waals surface area contributed by atoms with Gasteiger partial charge in [-0.25, -0.2) is 20.4 Å². The predicted molar refractivity (Wildman–Crippen MR) is 102 cm³/mol. The summed E-state index contributed by atoms with van der Waals surface area (Å²) in [6.07, 6.45) is -1.97. The summed E-state index contributed by atoms with van der Waals surface area (Å²) in [7, 11) is 0. The number of hydrogen-bond acceptors (Lipinski definition) is 11. The molecular weight excluding hydrogens is 382 g/mol. The molecule has 1 aliphatic rings. The van der Waals surface area contributed by atoms with E-state index in [1.807, 2.05) is 0 Å². The molecule has 0 aliphatic carbocycles. The maximum atomic E-state index is 10.4. The first-order valence-electron chi connectivity index (χ1n) is 8.68. The Kier molecular flexibility index (Phi) is 4.98. The number of nitrogens with zero attached hydrogens (tertiary/aromatic N) is 5. The Morgan fingerprint density at radius 3 is 2.66 bits per heavy atom. The van der Waals surface area contributed by atoms with E-state index in [2.05, 4.69) is 25.5 Å². The average Bonchev–Trinajstić information content (AvgIpc) is 3.22. The SMILES string of the molecule is Nc1ncnc2c1nc(N/N=C\c1ccc(O)cc1)n2[C@@H]1O[C@@H](CO)[C@@H](O)[C@H]1O. The molecule has 0 saturated carbocycles. The Morgan fingerprint density at radius 1 is 1.21 bits per heavy atom. The maximum Gasteiger partial charge on any atom is 0.228 e. The van der Waals surface area contributed by atoms with Crippen molar-refractivity contribution in [1.82, 2.24) is 19.5 Å². The summed E-state index contributed by atoms with van der Waals surface area (Å²) in [6, 6.07) is 6.37. The minimum Gasteiger partial charge on any atom is -0.508 e. The molecule has 12 nitrogen and oxygen atoms in total. The Balaban J connectivity index is 1.71. The van der Waals surface area contributed by atoms with Crippen LogP contribution in [0.15, 0.2) is 35.7 Å². The van der Waals surface area contributed by atoms with Crippen molar-refractivity contribution in [3.63, 3.8) is 0 Å². The largest absolute Gasteiger partial charge is 0.508 e. The van der Waals surface area contributed by atoms with Crippen LogP contribution in [-0.2, 0) is 4.74 Å². The average molecular weight is 401 g/mol. The zero-order chi connectivity index (χ0) is 20.5. The molecule has 1 aromatic carbocycles. The van der Waals surface area contributed by atoms with Crippen molar-refractivity contribution in [3.05, 3.63) is 36.2 Å². The van der Waals surface area contributed by atoms with Gasteiger partial charge in [-0.05, 0) is 29.8 Å². The Morgan fingerprint density at radius 2 is 1.97 bits per heavy atom. The summed E-state index contributed by atoms with van der Waals surface area (Å²) in [4.78, 5) is 12.4. The number of nitrogens with two attached hydrogens (primary N) is 1. The van der Waals surface area contributed by atoms with Crippen LogP contribution in [0, 0.1) is 0 Å².